The lowest BCUT2D eigenvalue weighted by molar-refractivity contribution is 0.282. The molecule has 0 aliphatic rings. The number of aryl methyl sites for hydroxylation is 1. The van der Waals surface area contributed by atoms with Crippen molar-refractivity contribution in [2.24, 2.45) is 0 Å². The smallest absolute Gasteiger partial charge is 0.174 e. The largest absolute Gasteiger partial charge is 0.493 e. The van der Waals surface area contributed by atoms with Gasteiger partial charge in [0.05, 0.1) is 10.7 Å². The Morgan fingerprint density at radius 1 is 0.923 bits per heavy atom. The van der Waals surface area contributed by atoms with Crippen molar-refractivity contribution in [1.82, 2.24) is 0 Å². The van der Waals surface area contributed by atoms with E-state index >= 15 is 0 Å². The molecule has 4 heteroatoms. The van der Waals surface area contributed by atoms with Crippen LogP contribution in [0.2, 0.25) is 0 Å². The molecule has 0 unspecified atom stereocenters. The highest BCUT2D eigenvalue weighted by molar-refractivity contribution is 14.1. The fourth-order valence-electron chi connectivity index (χ4n) is 2.70. The molecule has 0 aromatic heterocycles. The van der Waals surface area contributed by atoms with Gasteiger partial charge in [0.15, 0.2) is 11.5 Å². The normalized spacial score (nSPS) is 10.4. The maximum absolute atomic E-state index is 6.03. The van der Waals surface area contributed by atoms with Gasteiger partial charge < -0.3 is 14.8 Å². The van der Waals surface area contributed by atoms with Crippen molar-refractivity contribution in [3.8, 4) is 11.5 Å². The molecular weight excluding hydrogens is 437 g/mol. The van der Waals surface area contributed by atoms with Gasteiger partial charge in [0.25, 0.3) is 0 Å². The first kappa shape index (κ1) is 18.6. The van der Waals surface area contributed by atoms with Crippen molar-refractivity contribution in [3.63, 3.8) is 0 Å². The molecule has 1 N–H and O–H groups in total. The Hall–Kier alpha value is -2.21. The number of hydrogen-bond donors (Lipinski definition) is 1. The van der Waals surface area contributed by atoms with E-state index in [4.69, 9.17) is 9.47 Å². The predicted molar refractivity (Wildman–Crippen MR) is 115 cm³/mol. The van der Waals surface area contributed by atoms with Crippen LogP contribution >= 0.6 is 22.6 Å². The fraction of sp³-hybridized carbons (Fsp3) is 0.182. The Labute approximate surface area is 168 Å². The molecule has 0 atom stereocenters. The second kappa shape index (κ2) is 8.94. The van der Waals surface area contributed by atoms with Crippen molar-refractivity contribution < 1.29 is 9.47 Å². The van der Waals surface area contributed by atoms with Crippen LogP contribution in [0, 0.1) is 10.5 Å². The van der Waals surface area contributed by atoms with Crippen molar-refractivity contribution >= 4 is 28.3 Å². The van der Waals surface area contributed by atoms with Gasteiger partial charge in [-0.1, -0.05) is 42.5 Å². The molecule has 0 aliphatic heterocycles. The predicted octanol–water partition coefficient (Wildman–Crippen LogP) is 5.80. The molecule has 26 heavy (non-hydrogen) atoms. The van der Waals surface area contributed by atoms with Gasteiger partial charge in [0, 0.05) is 12.2 Å². The monoisotopic (exact) mass is 459 g/mol. The Bertz CT molecular complexity index is 865. The number of rotatable bonds is 7. The summed E-state index contributed by atoms with van der Waals surface area (Å²) in [6.45, 7) is 3.35. The van der Waals surface area contributed by atoms with Crippen molar-refractivity contribution in [2.45, 2.75) is 20.1 Å². The number of anilines is 1. The standard InChI is InChI=1S/C22H22INO2/c1-16-7-6-10-19(11-16)24-14-18-12-20(23)22(21(13-18)25-2)26-15-17-8-4-3-5-9-17/h3-13,24H,14-15H2,1-2H3. The highest BCUT2D eigenvalue weighted by atomic mass is 127. The summed E-state index contributed by atoms with van der Waals surface area (Å²) in [5.41, 5.74) is 4.64. The van der Waals surface area contributed by atoms with Gasteiger partial charge in [-0.3, -0.25) is 0 Å². The molecule has 0 spiro atoms. The van der Waals surface area contributed by atoms with Crippen LogP contribution in [-0.2, 0) is 13.2 Å². The summed E-state index contributed by atoms with van der Waals surface area (Å²) >= 11 is 2.30. The van der Waals surface area contributed by atoms with E-state index in [1.165, 1.54) is 5.56 Å². The van der Waals surface area contributed by atoms with Crippen LogP contribution in [0.25, 0.3) is 0 Å². The molecule has 0 amide bonds. The second-order valence-electron chi connectivity index (χ2n) is 6.11. The molecular formula is C22H22INO2. The molecule has 3 rings (SSSR count). The molecule has 134 valence electrons. The van der Waals surface area contributed by atoms with E-state index in [1.54, 1.807) is 7.11 Å². The maximum atomic E-state index is 6.03. The van der Waals surface area contributed by atoms with E-state index in [9.17, 15) is 0 Å². The molecule has 0 fully saturated rings. The van der Waals surface area contributed by atoms with Crippen LogP contribution in [0.4, 0.5) is 5.69 Å². The van der Waals surface area contributed by atoms with Crippen molar-refractivity contribution in [2.75, 3.05) is 12.4 Å². The van der Waals surface area contributed by atoms with Crippen LogP contribution in [-0.4, -0.2) is 7.11 Å². The van der Waals surface area contributed by atoms with E-state index in [1.807, 2.05) is 24.3 Å². The summed E-state index contributed by atoms with van der Waals surface area (Å²) < 4.78 is 12.6. The van der Waals surface area contributed by atoms with Crippen molar-refractivity contribution in [3.05, 3.63) is 87.0 Å². The first-order chi connectivity index (χ1) is 12.7. The van der Waals surface area contributed by atoms with Crippen LogP contribution in [0.3, 0.4) is 0 Å². The lowest BCUT2D eigenvalue weighted by Crippen LogP contribution is -2.03. The highest BCUT2D eigenvalue weighted by Crippen LogP contribution is 2.34. The number of ether oxygens (including phenoxy) is 2. The number of methoxy groups -OCH3 is 1. The van der Waals surface area contributed by atoms with Crippen molar-refractivity contribution in [1.29, 1.82) is 0 Å². The van der Waals surface area contributed by atoms with Crippen LogP contribution in [0.15, 0.2) is 66.7 Å². The summed E-state index contributed by atoms with van der Waals surface area (Å²) in [5, 5.41) is 3.46. The third-order valence-corrected chi connectivity index (χ3v) is 4.83. The van der Waals surface area contributed by atoms with Gasteiger partial charge in [-0.15, -0.1) is 0 Å². The molecule has 0 radical (unpaired) electrons. The number of benzene rings is 3. The van der Waals surface area contributed by atoms with Crippen LogP contribution < -0.4 is 14.8 Å². The molecule has 3 nitrogen and oxygen atoms in total. The highest BCUT2D eigenvalue weighted by Gasteiger charge is 2.12. The van der Waals surface area contributed by atoms with E-state index in [0.29, 0.717) is 6.61 Å². The zero-order chi connectivity index (χ0) is 18.4. The van der Waals surface area contributed by atoms with Gasteiger partial charge in [-0.25, -0.2) is 0 Å². The minimum atomic E-state index is 0.522. The van der Waals surface area contributed by atoms with Crippen LogP contribution in [0.1, 0.15) is 16.7 Å². The lowest BCUT2D eigenvalue weighted by atomic mass is 10.1. The lowest BCUT2D eigenvalue weighted by Gasteiger charge is -2.15. The van der Waals surface area contributed by atoms with E-state index in [2.05, 4.69) is 77.3 Å². The van der Waals surface area contributed by atoms with Gasteiger partial charge >= 0.3 is 0 Å². The molecule has 0 bridgehead atoms. The Kier molecular flexibility index (Phi) is 6.39. The molecule has 0 saturated carbocycles. The summed E-state index contributed by atoms with van der Waals surface area (Å²) in [5.74, 6) is 1.55. The average molecular weight is 459 g/mol. The van der Waals surface area contributed by atoms with E-state index in [-0.39, 0.29) is 0 Å². The zero-order valence-electron chi connectivity index (χ0n) is 15.0. The second-order valence-corrected chi connectivity index (χ2v) is 7.27. The first-order valence-corrected chi connectivity index (χ1v) is 9.57. The summed E-state index contributed by atoms with van der Waals surface area (Å²) in [6, 6.07) is 22.7. The van der Waals surface area contributed by atoms with Gasteiger partial charge in [0.1, 0.15) is 6.61 Å². The summed E-state index contributed by atoms with van der Waals surface area (Å²) in [7, 11) is 1.68. The fourth-order valence-corrected chi connectivity index (χ4v) is 3.53. The average Bonchev–Trinajstić information content (AvgIpc) is 2.66. The SMILES string of the molecule is COc1cc(CNc2cccc(C)c2)cc(I)c1OCc1ccccc1. The summed E-state index contributed by atoms with van der Waals surface area (Å²) in [6.07, 6.45) is 0. The van der Waals surface area contributed by atoms with Crippen LogP contribution in [0.5, 0.6) is 11.5 Å². The minimum absolute atomic E-state index is 0.522. The van der Waals surface area contributed by atoms with Gasteiger partial charge in [0.2, 0.25) is 0 Å². The third-order valence-electron chi connectivity index (χ3n) is 4.03. The maximum Gasteiger partial charge on any atom is 0.174 e. The first-order valence-electron chi connectivity index (χ1n) is 8.49. The topological polar surface area (TPSA) is 30.5 Å². The Balaban J connectivity index is 1.72. The quantitative estimate of drug-likeness (QED) is 0.453. The Morgan fingerprint density at radius 2 is 1.73 bits per heavy atom. The Morgan fingerprint density at radius 3 is 2.46 bits per heavy atom. The van der Waals surface area contributed by atoms with Gasteiger partial charge in [-0.05, 0) is 70.5 Å². The van der Waals surface area contributed by atoms with Gasteiger partial charge in [-0.2, -0.15) is 0 Å². The van der Waals surface area contributed by atoms with E-state index in [0.717, 1.165) is 38.4 Å². The minimum Gasteiger partial charge on any atom is -0.493 e. The number of halogens is 1. The molecule has 3 aromatic carbocycles. The molecule has 0 aliphatic carbocycles. The number of hydrogen-bond acceptors (Lipinski definition) is 3. The summed E-state index contributed by atoms with van der Waals surface area (Å²) in [4.78, 5) is 0. The zero-order valence-corrected chi connectivity index (χ0v) is 17.1. The number of nitrogens with one attached hydrogen (secondary N) is 1. The third kappa shape index (κ3) is 4.91. The van der Waals surface area contributed by atoms with E-state index < -0.39 is 0 Å². The molecule has 0 saturated heterocycles. The molecule has 0 heterocycles. The molecule has 3 aromatic rings.